The van der Waals surface area contributed by atoms with Crippen LogP contribution in [0.4, 0.5) is 0 Å². The van der Waals surface area contributed by atoms with Crippen LogP contribution < -0.4 is 0 Å². The first kappa shape index (κ1) is 14.0. The van der Waals surface area contributed by atoms with Crippen molar-refractivity contribution < 1.29 is 4.52 Å². The SMILES string of the molecule is CCOP(=S)(N1CCCCC1)N1CCCCC1. The van der Waals surface area contributed by atoms with Crippen LogP contribution >= 0.6 is 6.57 Å². The molecule has 2 rings (SSSR count). The van der Waals surface area contributed by atoms with Crippen LogP contribution in [0.3, 0.4) is 0 Å². The maximum Gasteiger partial charge on any atom is 0.203 e. The van der Waals surface area contributed by atoms with E-state index in [-0.39, 0.29) is 0 Å². The van der Waals surface area contributed by atoms with E-state index in [9.17, 15) is 0 Å². The Morgan fingerprint density at radius 2 is 1.29 bits per heavy atom. The molecular formula is C12H25N2OPS. The van der Waals surface area contributed by atoms with Crippen molar-refractivity contribution in [3.05, 3.63) is 0 Å². The lowest BCUT2D eigenvalue weighted by Crippen LogP contribution is -2.38. The molecule has 2 aliphatic heterocycles. The topological polar surface area (TPSA) is 15.7 Å². The highest BCUT2D eigenvalue weighted by atomic mass is 32.5. The van der Waals surface area contributed by atoms with Crippen LogP contribution in [-0.4, -0.2) is 42.1 Å². The van der Waals surface area contributed by atoms with Crippen molar-refractivity contribution in [2.24, 2.45) is 0 Å². The van der Waals surface area contributed by atoms with Crippen molar-refractivity contribution in [2.45, 2.75) is 45.4 Å². The zero-order valence-corrected chi connectivity index (χ0v) is 12.6. The van der Waals surface area contributed by atoms with Crippen LogP contribution in [0, 0.1) is 0 Å². The minimum Gasteiger partial charge on any atom is -0.327 e. The Labute approximate surface area is 111 Å². The number of hydrogen-bond acceptors (Lipinski definition) is 2. The van der Waals surface area contributed by atoms with E-state index in [0.717, 1.165) is 32.8 Å². The van der Waals surface area contributed by atoms with Gasteiger partial charge >= 0.3 is 0 Å². The van der Waals surface area contributed by atoms with Crippen LogP contribution in [0.2, 0.25) is 0 Å². The van der Waals surface area contributed by atoms with Crippen molar-refractivity contribution in [2.75, 3.05) is 32.8 Å². The van der Waals surface area contributed by atoms with E-state index < -0.39 is 6.57 Å². The molecule has 5 heteroatoms. The van der Waals surface area contributed by atoms with Gasteiger partial charge in [-0.2, -0.15) is 0 Å². The van der Waals surface area contributed by atoms with Gasteiger partial charge in [0.05, 0.1) is 6.61 Å². The highest BCUT2D eigenvalue weighted by Gasteiger charge is 2.34. The van der Waals surface area contributed by atoms with Crippen molar-refractivity contribution in [1.29, 1.82) is 0 Å². The predicted molar refractivity (Wildman–Crippen MR) is 76.8 cm³/mol. The second kappa shape index (κ2) is 6.63. The summed E-state index contributed by atoms with van der Waals surface area (Å²) < 4.78 is 11.1. The van der Waals surface area contributed by atoms with Crippen LogP contribution in [0.25, 0.3) is 0 Å². The normalized spacial score (nSPS) is 25.0. The first-order chi connectivity index (χ1) is 8.27. The molecular weight excluding hydrogens is 251 g/mol. The Morgan fingerprint density at radius 1 is 0.882 bits per heavy atom. The molecule has 0 radical (unpaired) electrons. The summed E-state index contributed by atoms with van der Waals surface area (Å²) >= 11 is 5.98. The average molecular weight is 276 g/mol. The molecule has 100 valence electrons. The maximum atomic E-state index is 6.09. The van der Waals surface area contributed by atoms with E-state index in [1.54, 1.807) is 0 Å². The Hall–Kier alpha value is 0.530. The van der Waals surface area contributed by atoms with Gasteiger partial charge in [0.2, 0.25) is 6.57 Å². The van der Waals surface area contributed by atoms with Gasteiger partial charge < -0.3 is 4.52 Å². The predicted octanol–water partition coefficient (Wildman–Crippen LogP) is 3.22. The van der Waals surface area contributed by atoms with Gasteiger partial charge in [-0.15, -0.1) is 0 Å². The average Bonchev–Trinajstić information content (AvgIpc) is 2.41. The molecule has 17 heavy (non-hydrogen) atoms. The van der Waals surface area contributed by atoms with E-state index in [2.05, 4.69) is 16.3 Å². The smallest absolute Gasteiger partial charge is 0.203 e. The van der Waals surface area contributed by atoms with E-state index >= 15 is 0 Å². The van der Waals surface area contributed by atoms with Gasteiger partial charge in [0, 0.05) is 26.2 Å². The maximum absolute atomic E-state index is 6.09. The highest BCUT2D eigenvalue weighted by Crippen LogP contribution is 2.56. The lowest BCUT2D eigenvalue weighted by atomic mass is 10.2. The third-order valence-electron chi connectivity index (χ3n) is 3.68. The zero-order valence-electron chi connectivity index (χ0n) is 10.9. The molecule has 0 bridgehead atoms. The highest BCUT2D eigenvalue weighted by molar-refractivity contribution is 8.09. The summed E-state index contributed by atoms with van der Waals surface area (Å²) in [6.07, 6.45) is 7.88. The number of piperidine rings is 2. The Kier molecular flexibility index (Phi) is 5.44. The number of nitrogens with zero attached hydrogens (tertiary/aromatic N) is 2. The number of hydrogen-bond donors (Lipinski definition) is 0. The molecule has 0 unspecified atom stereocenters. The summed E-state index contributed by atoms with van der Waals surface area (Å²) in [7, 11) is 0. The first-order valence-electron chi connectivity index (χ1n) is 7.03. The van der Waals surface area contributed by atoms with E-state index in [1.165, 1.54) is 38.5 Å². The second-order valence-corrected chi connectivity index (χ2v) is 8.73. The molecule has 2 fully saturated rings. The molecule has 0 aromatic carbocycles. The fourth-order valence-corrected chi connectivity index (χ4v) is 6.66. The Balaban J connectivity index is 2.08. The minimum absolute atomic E-state index is 0.754. The Morgan fingerprint density at radius 3 is 1.65 bits per heavy atom. The molecule has 0 aliphatic carbocycles. The summed E-state index contributed by atoms with van der Waals surface area (Å²) in [4.78, 5) is 0. The van der Waals surface area contributed by atoms with Crippen molar-refractivity contribution in [3.8, 4) is 0 Å². The number of rotatable bonds is 4. The fraction of sp³-hybridized carbons (Fsp3) is 1.00. The molecule has 2 saturated heterocycles. The zero-order chi connectivity index (χ0) is 12.1. The van der Waals surface area contributed by atoms with Crippen molar-refractivity contribution in [1.82, 2.24) is 9.34 Å². The van der Waals surface area contributed by atoms with Gasteiger partial charge in [0.1, 0.15) is 0 Å². The summed E-state index contributed by atoms with van der Waals surface area (Å²) in [6.45, 7) is 5.55. The summed E-state index contributed by atoms with van der Waals surface area (Å²) in [5, 5.41) is 0. The third kappa shape index (κ3) is 3.30. The van der Waals surface area contributed by atoms with Gasteiger partial charge in [0.25, 0.3) is 0 Å². The largest absolute Gasteiger partial charge is 0.327 e. The van der Waals surface area contributed by atoms with Crippen molar-refractivity contribution in [3.63, 3.8) is 0 Å². The molecule has 0 aromatic rings. The van der Waals surface area contributed by atoms with Gasteiger partial charge in [-0.05, 0) is 44.4 Å². The van der Waals surface area contributed by atoms with Crippen molar-refractivity contribution >= 4 is 18.4 Å². The monoisotopic (exact) mass is 276 g/mol. The van der Waals surface area contributed by atoms with E-state index in [0.29, 0.717) is 0 Å². The van der Waals surface area contributed by atoms with Crippen LogP contribution in [0.1, 0.15) is 45.4 Å². The second-order valence-electron chi connectivity index (χ2n) is 4.94. The van der Waals surface area contributed by atoms with Gasteiger partial charge in [-0.3, -0.25) is 0 Å². The summed E-state index contributed by atoms with van der Waals surface area (Å²) in [6, 6.07) is 0. The molecule has 0 spiro atoms. The molecule has 2 heterocycles. The van der Waals surface area contributed by atoms with E-state index in [4.69, 9.17) is 16.3 Å². The van der Waals surface area contributed by atoms with Gasteiger partial charge in [0.15, 0.2) is 0 Å². The molecule has 0 atom stereocenters. The summed E-state index contributed by atoms with van der Waals surface area (Å²) in [5.41, 5.74) is 0. The van der Waals surface area contributed by atoms with E-state index in [1.807, 2.05) is 0 Å². The first-order valence-corrected chi connectivity index (χ1v) is 9.65. The molecule has 3 nitrogen and oxygen atoms in total. The fourth-order valence-electron chi connectivity index (χ4n) is 2.77. The lowest BCUT2D eigenvalue weighted by Gasteiger charge is -2.44. The molecule has 0 N–H and O–H groups in total. The molecule has 0 aromatic heterocycles. The minimum atomic E-state index is -1.87. The Bertz CT molecular complexity index is 254. The van der Waals surface area contributed by atoms with Gasteiger partial charge in [-0.1, -0.05) is 12.8 Å². The lowest BCUT2D eigenvalue weighted by molar-refractivity contribution is 0.230. The molecule has 0 amide bonds. The molecule has 0 saturated carbocycles. The molecule has 2 aliphatic rings. The van der Waals surface area contributed by atoms with Crippen LogP contribution in [-0.2, 0) is 16.3 Å². The summed E-state index contributed by atoms with van der Waals surface area (Å²) in [5.74, 6) is 0. The van der Waals surface area contributed by atoms with Gasteiger partial charge in [-0.25, -0.2) is 9.34 Å². The third-order valence-corrected chi connectivity index (χ3v) is 8.20. The quantitative estimate of drug-likeness (QED) is 0.732. The van der Waals surface area contributed by atoms with Crippen LogP contribution in [0.15, 0.2) is 0 Å². The standard InChI is InChI=1S/C12H25N2OPS/c1-2-15-16(17,13-9-5-3-6-10-13)14-11-7-4-8-12-14/h2-12H2,1H3. The van der Waals surface area contributed by atoms with Crippen LogP contribution in [0.5, 0.6) is 0 Å².